The van der Waals surface area contributed by atoms with Crippen molar-refractivity contribution in [2.75, 3.05) is 0 Å². The summed E-state index contributed by atoms with van der Waals surface area (Å²) in [5.74, 6) is 0. The van der Waals surface area contributed by atoms with Gasteiger partial charge in [0.05, 0.1) is 0 Å². The van der Waals surface area contributed by atoms with Gasteiger partial charge in [0.2, 0.25) is 0 Å². The van der Waals surface area contributed by atoms with Gasteiger partial charge in [-0.05, 0) is 28.7 Å². The average molecular weight is 355 g/mol. The Morgan fingerprint density at radius 1 is 1.30 bits per heavy atom. The van der Waals surface area contributed by atoms with E-state index in [1.54, 1.807) is 6.07 Å². The molecule has 0 fully saturated rings. The smallest absolute Gasteiger partial charge is 0.151 e. The molecule has 0 saturated heterocycles. The molecule has 0 unspecified atom stereocenters. The summed E-state index contributed by atoms with van der Waals surface area (Å²) in [6, 6.07) is 7.47. The molecule has 0 atom stereocenters. The molecule has 0 aliphatic heterocycles. The quantitative estimate of drug-likeness (QED) is 0.472. The number of hydrogen-bond donors (Lipinski definition) is 0. The number of benzene rings is 1. The fraction of sp³-hybridized carbons (Fsp3) is 0. The maximum atomic E-state index is 10.2. The van der Waals surface area contributed by atoms with Gasteiger partial charge in [0, 0.05) is 9.13 Å². The summed E-state index contributed by atoms with van der Waals surface area (Å²) in [5, 5.41) is 0. The standard InChI is InChI=1S/C7H5IO.HI/c8-7-4-2-1-3-6(7)5-9;/h1-5H;1H/p-1/i;1-4. The molecule has 1 aromatic carbocycles. The number of carbonyl (C=O) groups excluding carboxylic acids is 1. The SMILES string of the molecule is O=Cc1ccccc1I.[123I-]. The lowest BCUT2D eigenvalue weighted by atomic mass is 10.2. The van der Waals surface area contributed by atoms with Crippen LogP contribution in [-0.2, 0) is 0 Å². The molecule has 1 rings (SSSR count). The average Bonchev–Trinajstić information content (AvgIpc) is 1.89. The zero-order valence-corrected chi connectivity index (χ0v) is 9.37. The van der Waals surface area contributed by atoms with Gasteiger partial charge in [-0.3, -0.25) is 4.79 Å². The van der Waals surface area contributed by atoms with Crippen LogP contribution in [0.4, 0.5) is 0 Å². The lowest BCUT2D eigenvalue weighted by Gasteiger charge is -1.90. The molecule has 0 spiro atoms. The summed E-state index contributed by atoms with van der Waals surface area (Å²) < 4.78 is 1.00. The van der Waals surface area contributed by atoms with E-state index in [1.165, 1.54) is 0 Å². The minimum absolute atomic E-state index is 0. The highest BCUT2D eigenvalue weighted by Crippen LogP contribution is 2.07. The summed E-state index contributed by atoms with van der Waals surface area (Å²) in [5.41, 5.74) is 0.762. The van der Waals surface area contributed by atoms with Crippen LogP contribution in [0.2, 0.25) is 0 Å². The van der Waals surface area contributed by atoms with Crippen molar-refractivity contribution in [3.8, 4) is 0 Å². The molecular weight excluding hydrogens is 350 g/mol. The summed E-state index contributed by atoms with van der Waals surface area (Å²) >= 11 is 2.13. The maximum absolute atomic E-state index is 10.2. The summed E-state index contributed by atoms with van der Waals surface area (Å²) in [6.45, 7) is 0. The van der Waals surface area contributed by atoms with Crippen LogP contribution in [0.3, 0.4) is 0 Å². The third kappa shape index (κ3) is 2.53. The lowest BCUT2D eigenvalue weighted by molar-refractivity contribution is -0.00000809. The second-order valence-electron chi connectivity index (χ2n) is 1.64. The van der Waals surface area contributed by atoms with Gasteiger partial charge in [-0.2, -0.15) is 0 Å². The van der Waals surface area contributed by atoms with Crippen molar-refractivity contribution in [3.05, 3.63) is 33.4 Å². The molecular formula is C7H5I2O-. The Balaban J connectivity index is 0.000000810. The molecule has 0 amide bonds. The van der Waals surface area contributed by atoms with Crippen molar-refractivity contribution in [1.29, 1.82) is 0 Å². The first kappa shape index (κ1) is 10.3. The monoisotopic (exact) mass is 355 g/mol. The highest BCUT2D eigenvalue weighted by molar-refractivity contribution is 14.1. The number of hydrogen-bond acceptors (Lipinski definition) is 1. The van der Waals surface area contributed by atoms with E-state index < -0.39 is 0 Å². The van der Waals surface area contributed by atoms with Crippen molar-refractivity contribution < 1.29 is 28.8 Å². The molecule has 0 saturated carbocycles. The Kier molecular flexibility index (Phi) is 5.24. The molecule has 0 aromatic heterocycles. The van der Waals surface area contributed by atoms with Crippen LogP contribution in [0, 0.1) is 3.57 Å². The van der Waals surface area contributed by atoms with Gasteiger partial charge in [0.15, 0.2) is 6.29 Å². The van der Waals surface area contributed by atoms with Gasteiger partial charge in [-0.15, -0.1) is 0 Å². The third-order valence-electron chi connectivity index (χ3n) is 1.03. The van der Waals surface area contributed by atoms with Crippen LogP contribution in [0.1, 0.15) is 10.4 Å². The van der Waals surface area contributed by atoms with Crippen molar-refractivity contribution in [2.24, 2.45) is 0 Å². The van der Waals surface area contributed by atoms with E-state index in [0.29, 0.717) is 0 Å². The lowest BCUT2D eigenvalue weighted by Crippen LogP contribution is -3.00. The molecule has 0 aliphatic carbocycles. The molecule has 1 nitrogen and oxygen atoms in total. The fourth-order valence-electron chi connectivity index (χ4n) is 0.571. The van der Waals surface area contributed by atoms with E-state index in [2.05, 4.69) is 22.6 Å². The molecule has 1 aromatic rings. The zero-order chi connectivity index (χ0) is 6.69. The Morgan fingerprint density at radius 2 is 1.90 bits per heavy atom. The molecule has 0 heterocycles. The van der Waals surface area contributed by atoms with E-state index in [-0.39, 0.29) is 24.0 Å². The zero-order valence-electron chi connectivity index (χ0n) is 5.05. The second-order valence-corrected chi connectivity index (χ2v) is 2.80. The molecule has 3 heteroatoms. The first-order valence-electron chi connectivity index (χ1n) is 2.54. The minimum Gasteiger partial charge on any atom is -1.00 e. The van der Waals surface area contributed by atoms with Gasteiger partial charge in [-0.25, -0.2) is 0 Å². The van der Waals surface area contributed by atoms with Crippen LogP contribution >= 0.6 is 22.6 Å². The Morgan fingerprint density at radius 3 is 2.30 bits per heavy atom. The van der Waals surface area contributed by atoms with E-state index >= 15 is 0 Å². The van der Waals surface area contributed by atoms with Crippen LogP contribution in [0.25, 0.3) is 0 Å². The first-order valence-corrected chi connectivity index (χ1v) is 3.62. The maximum Gasteiger partial charge on any atom is 0.151 e. The predicted octanol–water partition coefficient (Wildman–Crippen LogP) is -0.892. The second kappa shape index (κ2) is 5.06. The molecule has 54 valence electrons. The molecule has 0 bridgehead atoms. The predicted molar refractivity (Wildman–Crippen MR) is 44.5 cm³/mol. The summed E-state index contributed by atoms with van der Waals surface area (Å²) in [6.07, 6.45) is 0.863. The molecule has 10 heavy (non-hydrogen) atoms. The highest BCUT2D eigenvalue weighted by atomic mass is 127. The third-order valence-corrected chi connectivity index (χ3v) is 2.01. The minimum atomic E-state index is 0. The van der Waals surface area contributed by atoms with Gasteiger partial charge in [0.25, 0.3) is 0 Å². The van der Waals surface area contributed by atoms with Crippen molar-refractivity contribution >= 4 is 28.9 Å². The van der Waals surface area contributed by atoms with E-state index in [9.17, 15) is 4.79 Å². The van der Waals surface area contributed by atoms with E-state index in [4.69, 9.17) is 0 Å². The molecule has 0 aliphatic rings. The highest BCUT2D eigenvalue weighted by Gasteiger charge is 1.91. The van der Waals surface area contributed by atoms with Crippen LogP contribution in [-0.4, -0.2) is 6.29 Å². The van der Waals surface area contributed by atoms with E-state index in [0.717, 1.165) is 15.4 Å². The number of halogens is 2. The number of carbonyl (C=O) groups is 1. The summed E-state index contributed by atoms with van der Waals surface area (Å²) in [7, 11) is 0. The largest absolute Gasteiger partial charge is 1.00 e. The van der Waals surface area contributed by atoms with Gasteiger partial charge < -0.3 is 24.0 Å². The van der Waals surface area contributed by atoms with Crippen molar-refractivity contribution in [2.45, 2.75) is 0 Å². The number of aldehydes is 1. The van der Waals surface area contributed by atoms with Gasteiger partial charge in [-0.1, -0.05) is 18.2 Å². The first-order chi connectivity index (χ1) is 4.34. The number of rotatable bonds is 1. The van der Waals surface area contributed by atoms with Crippen LogP contribution in [0.5, 0.6) is 0 Å². The Bertz CT molecular complexity index is 223. The van der Waals surface area contributed by atoms with Crippen LogP contribution in [0.15, 0.2) is 24.3 Å². The van der Waals surface area contributed by atoms with Gasteiger partial charge in [0.1, 0.15) is 0 Å². The summed E-state index contributed by atoms with van der Waals surface area (Å²) in [4.78, 5) is 10.2. The van der Waals surface area contributed by atoms with Gasteiger partial charge >= 0.3 is 0 Å². The normalized spacial score (nSPS) is 8.10. The van der Waals surface area contributed by atoms with Crippen molar-refractivity contribution in [1.82, 2.24) is 0 Å². The fourth-order valence-corrected chi connectivity index (χ4v) is 1.09. The topological polar surface area (TPSA) is 17.1 Å². The van der Waals surface area contributed by atoms with E-state index in [1.807, 2.05) is 18.2 Å². The molecule has 0 radical (unpaired) electrons. The van der Waals surface area contributed by atoms with Crippen LogP contribution < -0.4 is 24.0 Å². The molecule has 0 N–H and O–H groups in total. The Hall–Kier alpha value is 0.350. The van der Waals surface area contributed by atoms with Crippen molar-refractivity contribution in [3.63, 3.8) is 0 Å². The Labute approximate surface area is 90.4 Å².